The highest BCUT2D eigenvalue weighted by Crippen LogP contribution is 2.24. The van der Waals surface area contributed by atoms with Crippen LogP contribution in [-0.2, 0) is 19.6 Å². The Morgan fingerprint density at radius 2 is 1.93 bits per heavy atom. The molecule has 156 valence electrons. The van der Waals surface area contributed by atoms with E-state index in [1.54, 1.807) is 18.2 Å². The lowest BCUT2D eigenvalue weighted by molar-refractivity contribution is -0.123. The van der Waals surface area contributed by atoms with Gasteiger partial charge in [0.05, 0.1) is 4.90 Å². The predicted octanol–water partition coefficient (Wildman–Crippen LogP) is 2.46. The minimum atomic E-state index is -3.62. The van der Waals surface area contributed by atoms with Crippen LogP contribution in [0.3, 0.4) is 0 Å². The molecule has 0 fully saturated rings. The lowest BCUT2D eigenvalue weighted by atomic mass is 9.98. The minimum Gasteiger partial charge on any atom is -0.381 e. The van der Waals surface area contributed by atoms with Crippen LogP contribution in [0.4, 0.5) is 0 Å². The lowest BCUT2D eigenvalue weighted by Gasteiger charge is -2.19. The minimum absolute atomic E-state index is 0.0226. The van der Waals surface area contributed by atoms with E-state index >= 15 is 0 Å². The average molecular weight is 410 g/mol. The second-order valence-electron chi connectivity index (χ2n) is 7.02. The molecule has 0 aliphatic carbocycles. The number of rotatable bonds is 11. The van der Waals surface area contributed by atoms with Crippen LogP contribution in [-0.4, -0.2) is 46.0 Å². The van der Waals surface area contributed by atoms with E-state index < -0.39 is 16.1 Å². The molecule has 7 nitrogen and oxygen atoms in total. The molecule has 0 bridgehead atoms. The molecular weight excluding hydrogens is 378 g/mol. The first-order valence-electron chi connectivity index (χ1n) is 9.96. The first kappa shape index (κ1) is 22.4. The smallest absolute Gasteiger partial charge is 0.263 e. The molecule has 8 heteroatoms. The Labute approximate surface area is 168 Å². The molecule has 28 heavy (non-hydrogen) atoms. The number of nitrogens with one attached hydrogen (secondary N) is 2. The van der Waals surface area contributed by atoms with E-state index in [4.69, 9.17) is 4.74 Å². The molecule has 1 aliphatic heterocycles. The zero-order valence-electron chi connectivity index (χ0n) is 16.9. The van der Waals surface area contributed by atoms with Gasteiger partial charge in [0, 0.05) is 25.3 Å². The van der Waals surface area contributed by atoms with Gasteiger partial charge >= 0.3 is 0 Å². The molecule has 1 aliphatic rings. The Morgan fingerprint density at radius 3 is 2.64 bits per heavy atom. The van der Waals surface area contributed by atoms with Crippen LogP contribution >= 0.6 is 0 Å². The fourth-order valence-electron chi connectivity index (χ4n) is 2.88. The number of fused-ring (bicyclic) bond motifs is 1. The van der Waals surface area contributed by atoms with Gasteiger partial charge in [0.1, 0.15) is 11.9 Å². The number of hydrogen-bond acceptors (Lipinski definition) is 5. The molecule has 1 aromatic rings. The maximum absolute atomic E-state index is 12.7. The summed E-state index contributed by atoms with van der Waals surface area (Å²) in [7, 11) is -3.62. The number of carbonyl (C=O) groups is 1. The summed E-state index contributed by atoms with van der Waals surface area (Å²) in [4.78, 5) is 17.4. The summed E-state index contributed by atoms with van der Waals surface area (Å²) in [5.41, 5.74) is 0.507. The van der Waals surface area contributed by atoms with Gasteiger partial charge in [-0.2, -0.15) is 0 Å². The van der Waals surface area contributed by atoms with Crippen molar-refractivity contribution >= 4 is 21.8 Å². The quantitative estimate of drug-likeness (QED) is 0.549. The SMILES string of the molecule is CCCCOCCCNC(=O)[C@@H](N=C1NS(=O)(=O)c2ccccc21)[C@@H](C)CC. The van der Waals surface area contributed by atoms with Crippen molar-refractivity contribution in [3.63, 3.8) is 0 Å². The summed E-state index contributed by atoms with van der Waals surface area (Å²) < 4.78 is 32.5. The van der Waals surface area contributed by atoms with Crippen LogP contribution in [0.1, 0.15) is 52.0 Å². The van der Waals surface area contributed by atoms with Crippen LogP contribution in [0.5, 0.6) is 0 Å². The predicted molar refractivity (Wildman–Crippen MR) is 110 cm³/mol. The van der Waals surface area contributed by atoms with Crippen molar-refractivity contribution in [1.29, 1.82) is 0 Å². The Hall–Kier alpha value is -1.93. The molecule has 0 unspecified atom stereocenters. The summed E-state index contributed by atoms with van der Waals surface area (Å²) in [5, 5.41) is 2.90. The van der Waals surface area contributed by atoms with Gasteiger partial charge in [-0.15, -0.1) is 0 Å². The molecular formula is C20H31N3O4S. The normalized spacial score (nSPS) is 18.3. The van der Waals surface area contributed by atoms with Gasteiger partial charge in [0.25, 0.3) is 10.0 Å². The van der Waals surface area contributed by atoms with Crippen LogP contribution in [0.15, 0.2) is 34.2 Å². The number of amidine groups is 1. The van der Waals surface area contributed by atoms with E-state index in [1.807, 2.05) is 13.8 Å². The van der Waals surface area contributed by atoms with Gasteiger partial charge in [0.15, 0.2) is 0 Å². The number of carbonyl (C=O) groups excluding carboxylic acids is 1. The molecule has 2 atom stereocenters. The fourth-order valence-corrected chi connectivity index (χ4v) is 4.11. The Morgan fingerprint density at radius 1 is 1.21 bits per heavy atom. The van der Waals surface area contributed by atoms with Gasteiger partial charge in [0.2, 0.25) is 5.91 Å². The highest BCUT2D eigenvalue weighted by molar-refractivity contribution is 7.90. The summed E-state index contributed by atoms with van der Waals surface area (Å²) in [6.07, 6.45) is 3.62. The second-order valence-corrected chi connectivity index (χ2v) is 8.67. The zero-order valence-corrected chi connectivity index (χ0v) is 17.7. The van der Waals surface area contributed by atoms with E-state index in [9.17, 15) is 13.2 Å². The Kier molecular flexibility index (Phi) is 8.44. The Bertz CT molecular complexity index is 792. The van der Waals surface area contributed by atoms with Crippen molar-refractivity contribution in [2.24, 2.45) is 10.9 Å². The number of ether oxygens (including phenoxy) is 1. The molecule has 0 aromatic heterocycles. The molecule has 2 rings (SSSR count). The maximum Gasteiger partial charge on any atom is 0.263 e. The molecule has 1 amide bonds. The van der Waals surface area contributed by atoms with Crippen molar-refractivity contribution < 1.29 is 17.9 Å². The molecule has 0 saturated carbocycles. The van der Waals surface area contributed by atoms with Gasteiger partial charge in [-0.1, -0.05) is 45.7 Å². The standard InChI is InChI=1S/C20H31N3O4S/c1-4-6-13-27-14-9-12-21-20(24)18(15(3)5-2)22-19-16-10-7-8-11-17(16)28(25,26)23-19/h7-8,10-11,15,18H,4-6,9,12-14H2,1-3H3,(H,21,24)(H,22,23)/t15-,18-/m0/s1. The van der Waals surface area contributed by atoms with Gasteiger partial charge in [-0.3, -0.25) is 14.5 Å². The number of hydrogen-bond donors (Lipinski definition) is 2. The van der Waals surface area contributed by atoms with E-state index in [2.05, 4.69) is 22.0 Å². The average Bonchev–Trinajstić information content (AvgIpc) is 2.95. The number of nitrogens with zero attached hydrogens (tertiary/aromatic N) is 1. The van der Waals surface area contributed by atoms with E-state index in [0.29, 0.717) is 18.7 Å². The van der Waals surface area contributed by atoms with E-state index in [1.165, 1.54) is 6.07 Å². The van der Waals surface area contributed by atoms with Gasteiger partial charge in [-0.05, 0) is 30.9 Å². The fraction of sp³-hybridized carbons (Fsp3) is 0.600. The van der Waals surface area contributed by atoms with Gasteiger partial charge in [-0.25, -0.2) is 8.42 Å². The molecule has 0 saturated heterocycles. The van der Waals surface area contributed by atoms with E-state index in [-0.39, 0.29) is 22.6 Å². The van der Waals surface area contributed by atoms with Crippen molar-refractivity contribution in [3.8, 4) is 0 Å². The second kappa shape index (κ2) is 10.6. The summed E-state index contributed by atoms with van der Waals surface area (Å²) >= 11 is 0. The zero-order chi connectivity index (χ0) is 20.6. The van der Waals surface area contributed by atoms with Crippen molar-refractivity contribution in [3.05, 3.63) is 29.8 Å². The largest absolute Gasteiger partial charge is 0.381 e. The molecule has 0 radical (unpaired) electrons. The highest BCUT2D eigenvalue weighted by Gasteiger charge is 2.32. The molecule has 0 spiro atoms. The monoisotopic (exact) mass is 409 g/mol. The van der Waals surface area contributed by atoms with Crippen LogP contribution in [0, 0.1) is 5.92 Å². The number of amides is 1. The third-order valence-electron chi connectivity index (χ3n) is 4.79. The third kappa shape index (κ3) is 5.78. The summed E-state index contributed by atoms with van der Waals surface area (Å²) in [6, 6.07) is 6.01. The topological polar surface area (TPSA) is 96.9 Å². The number of benzene rings is 1. The summed E-state index contributed by atoms with van der Waals surface area (Å²) in [5.74, 6) is 0.0171. The van der Waals surface area contributed by atoms with Crippen LogP contribution < -0.4 is 10.0 Å². The first-order chi connectivity index (χ1) is 13.4. The van der Waals surface area contributed by atoms with Crippen molar-refractivity contribution in [2.75, 3.05) is 19.8 Å². The molecule has 1 heterocycles. The highest BCUT2D eigenvalue weighted by atomic mass is 32.2. The first-order valence-corrected chi connectivity index (χ1v) is 11.4. The summed E-state index contributed by atoms with van der Waals surface area (Å²) in [6.45, 7) is 7.90. The van der Waals surface area contributed by atoms with Crippen LogP contribution in [0.2, 0.25) is 0 Å². The van der Waals surface area contributed by atoms with Crippen molar-refractivity contribution in [1.82, 2.24) is 10.0 Å². The van der Waals surface area contributed by atoms with Crippen molar-refractivity contribution in [2.45, 2.75) is 57.4 Å². The van der Waals surface area contributed by atoms with Gasteiger partial charge < -0.3 is 10.1 Å². The Balaban J connectivity index is 2.04. The van der Waals surface area contributed by atoms with E-state index in [0.717, 1.165) is 32.3 Å². The molecule has 2 N–H and O–H groups in total. The third-order valence-corrected chi connectivity index (χ3v) is 6.19. The molecule has 1 aromatic carbocycles. The lowest BCUT2D eigenvalue weighted by Crippen LogP contribution is -2.39. The number of sulfonamides is 1. The van der Waals surface area contributed by atoms with Crippen LogP contribution in [0.25, 0.3) is 0 Å². The maximum atomic E-state index is 12.7. The number of unbranched alkanes of at least 4 members (excludes halogenated alkanes) is 1. The number of aliphatic imine (C=N–C) groups is 1.